The number of carbonyl (C=O) groups is 2. The number of halogens is 1. The standard InChI is InChI=1S/C23H30ClN5O5S/c1-22(12-25,14-30)35(33,34)23(8-9-23)13-29-10-7-17-18(27-28(2)19(17)21(29)32)20(31)26-11-15-3-5-16(24)6-4-15/h3-6,30H,7-14,25H2,1-2H3,(H,26,31). The molecular weight excluding hydrogens is 494 g/mol. The fourth-order valence-electron chi connectivity index (χ4n) is 4.55. The Morgan fingerprint density at radius 2 is 1.97 bits per heavy atom. The van der Waals surface area contributed by atoms with Crippen LogP contribution in [0.15, 0.2) is 24.3 Å². The molecule has 1 aliphatic heterocycles. The van der Waals surface area contributed by atoms with Crippen LogP contribution in [-0.4, -0.2) is 75.8 Å². The lowest BCUT2D eigenvalue weighted by Gasteiger charge is -2.35. The Labute approximate surface area is 209 Å². The third-order valence-corrected chi connectivity index (χ3v) is 10.6. The van der Waals surface area contributed by atoms with Gasteiger partial charge in [-0.1, -0.05) is 23.7 Å². The second-order valence-corrected chi connectivity index (χ2v) is 12.9. The first kappa shape index (κ1) is 25.6. The minimum Gasteiger partial charge on any atom is -0.395 e. The van der Waals surface area contributed by atoms with Crippen LogP contribution in [-0.2, 0) is 29.9 Å². The van der Waals surface area contributed by atoms with E-state index in [4.69, 9.17) is 17.3 Å². The monoisotopic (exact) mass is 523 g/mol. The van der Waals surface area contributed by atoms with Crippen LogP contribution in [0.2, 0.25) is 5.02 Å². The van der Waals surface area contributed by atoms with Gasteiger partial charge in [0.2, 0.25) is 0 Å². The number of nitrogens with zero attached hydrogens (tertiary/aromatic N) is 3. The quantitative estimate of drug-likeness (QED) is 0.437. The second-order valence-electron chi connectivity index (χ2n) is 9.58. The first-order chi connectivity index (χ1) is 16.5. The van der Waals surface area contributed by atoms with Gasteiger partial charge in [0.05, 0.1) is 11.4 Å². The molecule has 2 amide bonds. The summed E-state index contributed by atoms with van der Waals surface area (Å²) in [5, 5.41) is 17.5. The molecule has 2 aliphatic rings. The van der Waals surface area contributed by atoms with Crippen LogP contribution in [0, 0.1) is 0 Å². The molecule has 12 heteroatoms. The molecule has 0 spiro atoms. The summed E-state index contributed by atoms with van der Waals surface area (Å²) in [7, 11) is -2.21. The number of aryl methyl sites for hydroxylation is 1. The second kappa shape index (κ2) is 9.20. The Morgan fingerprint density at radius 3 is 2.54 bits per heavy atom. The zero-order valence-corrected chi connectivity index (χ0v) is 21.3. The molecule has 4 N–H and O–H groups in total. The van der Waals surface area contributed by atoms with Crippen molar-refractivity contribution in [3.05, 3.63) is 51.8 Å². The maximum Gasteiger partial charge on any atom is 0.272 e. The minimum absolute atomic E-state index is 0.0203. The van der Waals surface area contributed by atoms with Gasteiger partial charge in [0, 0.05) is 43.8 Å². The van der Waals surface area contributed by atoms with Gasteiger partial charge in [0.25, 0.3) is 11.8 Å². The highest BCUT2D eigenvalue weighted by Gasteiger charge is 2.61. The highest BCUT2D eigenvalue weighted by atomic mass is 35.5. The molecular formula is C23H30ClN5O5S. The number of aromatic nitrogens is 2. The maximum absolute atomic E-state index is 13.4. The Kier molecular flexibility index (Phi) is 6.73. The first-order valence-electron chi connectivity index (χ1n) is 11.4. The summed E-state index contributed by atoms with van der Waals surface area (Å²) in [5.74, 6) is -0.751. The Balaban J connectivity index is 1.51. The van der Waals surface area contributed by atoms with Crippen LogP contribution in [0.5, 0.6) is 0 Å². The van der Waals surface area contributed by atoms with Gasteiger partial charge >= 0.3 is 0 Å². The fourth-order valence-corrected chi connectivity index (χ4v) is 7.08. The molecule has 1 aromatic heterocycles. The molecule has 1 atom stereocenters. The van der Waals surface area contributed by atoms with Crippen molar-refractivity contribution in [3.63, 3.8) is 0 Å². The summed E-state index contributed by atoms with van der Waals surface area (Å²) in [6.45, 7) is 1.22. The molecule has 1 unspecified atom stereocenters. The number of hydrogen-bond acceptors (Lipinski definition) is 7. The van der Waals surface area contributed by atoms with Gasteiger partial charge in [-0.05, 0) is 43.9 Å². The molecule has 190 valence electrons. The molecule has 1 aliphatic carbocycles. The lowest BCUT2D eigenvalue weighted by Crippen LogP contribution is -2.55. The Hall–Kier alpha value is -2.47. The maximum atomic E-state index is 13.4. The van der Waals surface area contributed by atoms with Crippen molar-refractivity contribution in [2.75, 3.05) is 26.2 Å². The van der Waals surface area contributed by atoms with Crippen LogP contribution in [0.4, 0.5) is 0 Å². The lowest BCUT2D eigenvalue weighted by atomic mass is 10.0. The summed E-state index contributed by atoms with van der Waals surface area (Å²) in [5.41, 5.74) is 7.59. The fraction of sp³-hybridized carbons (Fsp3) is 0.522. The van der Waals surface area contributed by atoms with Gasteiger partial charge in [0.1, 0.15) is 10.4 Å². The summed E-state index contributed by atoms with van der Waals surface area (Å²) in [4.78, 5) is 27.7. The minimum atomic E-state index is -3.81. The van der Waals surface area contributed by atoms with E-state index in [1.54, 1.807) is 19.2 Å². The number of hydrogen-bond donors (Lipinski definition) is 3. The number of nitrogens with one attached hydrogen (secondary N) is 1. The molecule has 35 heavy (non-hydrogen) atoms. The smallest absolute Gasteiger partial charge is 0.272 e. The SMILES string of the molecule is Cn1nc(C(=O)NCc2ccc(Cl)cc2)c2c1C(=O)N(CC1(S(=O)(=O)C(C)(CN)CO)CC1)CC2. The van der Waals surface area contributed by atoms with Crippen LogP contribution in [0.3, 0.4) is 0 Å². The van der Waals surface area contributed by atoms with Crippen LogP contribution >= 0.6 is 11.6 Å². The Morgan fingerprint density at radius 1 is 1.31 bits per heavy atom. The van der Waals surface area contributed by atoms with Crippen molar-refractivity contribution in [3.8, 4) is 0 Å². The van der Waals surface area contributed by atoms with E-state index in [2.05, 4.69) is 10.4 Å². The van der Waals surface area contributed by atoms with E-state index in [0.717, 1.165) is 5.56 Å². The van der Waals surface area contributed by atoms with Crippen LogP contribution in [0.1, 0.15) is 51.9 Å². The topological polar surface area (TPSA) is 148 Å². The number of amides is 2. The van der Waals surface area contributed by atoms with Crippen molar-refractivity contribution >= 4 is 33.3 Å². The molecule has 2 heterocycles. The zero-order chi connectivity index (χ0) is 25.6. The molecule has 1 aromatic carbocycles. The van der Waals surface area contributed by atoms with Crippen LogP contribution < -0.4 is 11.1 Å². The highest BCUT2D eigenvalue weighted by Crippen LogP contribution is 2.49. The predicted octanol–water partition coefficient (Wildman–Crippen LogP) is 0.659. The van der Waals surface area contributed by atoms with E-state index in [9.17, 15) is 23.1 Å². The molecule has 0 radical (unpaired) electrons. The van der Waals surface area contributed by atoms with Crippen molar-refractivity contribution in [1.82, 2.24) is 20.0 Å². The Bertz CT molecular complexity index is 1250. The normalized spacial score (nSPS) is 18.7. The largest absolute Gasteiger partial charge is 0.395 e. The molecule has 4 rings (SSSR count). The summed E-state index contributed by atoms with van der Waals surface area (Å²) >= 11 is 5.90. The number of rotatable bonds is 9. The lowest BCUT2D eigenvalue weighted by molar-refractivity contribution is 0.0724. The average Bonchev–Trinajstić information content (AvgIpc) is 3.56. The number of aliphatic hydroxyl groups excluding tert-OH is 1. The number of benzene rings is 1. The number of nitrogens with two attached hydrogens (primary N) is 1. The third kappa shape index (κ3) is 4.35. The van der Waals surface area contributed by atoms with E-state index < -0.39 is 25.9 Å². The molecule has 0 bridgehead atoms. The van der Waals surface area contributed by atoms with Crippen molar-refractivity contribution in [2.24, 2.45) is 12.8 Å². The average molecular weight is 524 g/mol. The number of fused-ring (bicyclic) bond motifs is 1. The summed E-state index contributed by atoms with van der Waals surface area (Å²) < 4.78 is 25.5. The van der Waals surface area contributed by atoms with Gasteiger partial charge in [-0.3, -0.25) is 14.3 Å². The van der Waals surface area contributed by atoms with Crippen molar-refractivity contribution < 1.29 is 23.1 Å². The van der Waals surface area contributed by atoms with Crippen molar-refractivity contribution in [1.29, 1.82) is 0 Å². The number of aliphatic hydroxyl groups is 1. The predicted molar refractivity (Wildman–Crippen MR) is 131 cm³/mol. The zero-order valence-electron chi connectivity index (χ0n) is 19.8. The van der Waals surface area contributed by atoms with Gasteiger partial charge in [-0.2, -0.15) is 5.10 Å². The molecule has 1 saturated carbocycles. The third-order valence-electron chi connectivity index (χ3n) is 7.12. The molecule has 1 fully saturated rings. The van der Waals surface area contributed by atoms with Gasteiger partial charge in [-0.25, -0.2) is 8.42 Å². The van der Waals surface area contributed by atoms with Gasteiger partial charge < -0.3 is 21.1 Å². The molecule has 0 saturated heterocycles. The van der Waals surface area contributed by atoms with E-state index in [1.807, 2.05) is 12.1 Å². The van der Waals surface area contributed by atoms with E-state index in [-0.39, 0.29) is 49.4 Å². The van der Waals surface area contributed by atoms with Crippen molar-refractivity contribution in [2.45, 2.75) is 42.2 Å². The molecule has 2 aromatic rings. The first-order valence-corrected chi connectivity index (χ1v) is 13.3. The van der Waals surface area contributed by atoms with E-state index in [1.165, 1.54) is 16.5 Å². The van der Waals surface area contributed by atoms with E-state index >= 15 is 0 Å². The molecule has 10 nitrogen and oxygen atoms in total. The van der Waals surface area contributed by atoms with Gasteiger partial charge in [0.15, 0.2) is 15.5 Å². The van der Waals surface area contributed by atoms with Crippen LogP contribution in [0.25, 0.3) is 0 Å². The van der Waals surface area contributed by atoms with E-state index in [0.29, 0.717) is 29.8 Å². The van der Waals surface area contributed by atoms with Gasteiger partial charge in [-0.15, -0.1) is 0 Å². The number of carbonyl (C=O) groups excluding carboxylic acids is 2. The highest BCUT2D eigenvalue weighted by molar-refractivity contribution is 7.94. The summed E-state index contributed by atoms with van der Waals surface area (Å²) in [6.07, 6.45) is 1.19. The number of sulfone groups is 1. The summed E-state index contributed by atoms with van der Waals surface area (Å²) in [6, 6.07) is 7.10.